The third-order valence-corrected chi connectivity index (χ3v) is 3.14. The Morgan fingerprint density at radius 2 is 1.86 bits per heavy atom. The summed E-state index contributed by atoms with van der Waals surface area (Å²) < 4.78 is 13.4. The first-order chi connectivity index (χ1) is 10.1. The van der Waals surface area contributed by atoms with Crippen LogP contribution in [-0.2, 0) is 4.79 Å². The van der Waals surface area contributed by atoms with Gasteiger partial charge in [-0.05, 0) is 29.8 Å². The first-order valence-corrected chi connectivity index (χ1v) is 6.27. The highest BCUT2D eigenvalue weighted by atomic mass is 19.1. The van der Waals surface area contributed by atoms with Crippen LogP contribution in [0.15, 0.2) is 58.8 Å². The molecule has 1 aliphatic heterocycles. The molecule has 0 saturated heterocycles. The molecule has 104 valence electrons. The molecule has 1 aliphatic rings. The fourth-order valence-electron chi connectivity index (χ4n) is 2.24. The van der Waals surface area contributed by atoms with Gasteiger partial charge in [-0.2, -0.15) is 4.99 Å². The van der Waals surface area contributed by atoms with Gasteiger partial charge in [0.2, 0.25) is 5.96 Å². The van der Waals surface area contributed by atoms with Gasteiger partial charge in [0.05, 0.1) is 5.71 Å². The van der Waals surface area contributed by atoms with Crippen molar-refractivity contribution >= 4 is 17.6 Å². The third-order valence-electron chi connectivity index (χ3n) is 3.14. The minimum atomic E-state index is -0.706. The Balaban J connectivity index is 2.13. The van der Waals surface area contributed by atoms with Crippen molar-refractivity contribution in [2.45, 2.75) is 5.92 Å². The maximum atomic E-state index is 13.4. The molecular weight excluding hydrogens is 271 g/mol. The summed E-state index contributed by atoms with van der Waals surface area (Å²) in [4.78, 5) is 24.0. The molecule has 0 aliphatic carbocycles. The van der Waals surface area contributed by atoms with E-state index in [1.807, 2.05) is 0 Å². The van der Waals surface area contributed by atoms with Gasteiger partial charge in [0.1, 0.15) is 11.7 Å². The number of halogens is 1. The number of aliphatic imine (C=N–C) groups is 2. The number of rotatable bonds is 2. The standard InChI is InChI=1S/C15H11FN4O/c16-11-3-1-2-10(8-11)13-12(9-4-6-18-7-5-9)14(21)20-15(17)19-13/h1-8,12H,(H2,17,20,21). The van der Waals surface area contributed by atoms with Gasteiger partial charge in [0, 0.05) is 18.0 Å². The van der Waals surface area contributed by atoms with Gasteiger partial charge < -0.3 is 5.73 Å². The van der Waals surface area contributed by atoms with Crippen molar-refractivity contribution in [2.24, 2.45) is 15.7 Å². The molecule has 2 N–H and O–H groups in total. The number of carbonyl (C=O) groups is 1. The van der Waals surface area contributed by atoms with Gasteiger partial charge in [-0.25, -0.2) is 9.38 Å². The predicted molar refractivity (Wildman–Crippen MR) is 76.5 cm³/mol. The molecule has 0 spiro atoms. The molecule has 2 heterocycles. The number of pyridine rings is 1. The van der Waals surface area contributed by atoms with E-state index in [-0.39, 0.29) is 5.96 Å². The van der Waals surface area contributed by atoms with Crippen LogP contribution in [0.2, 0.25) is 0 Å². The van der Waals surface area contributed by atoms with Crippen molar-refractivity contribution in [3.63, 3.8) is 0 Å². The van der Waals surface area contributed by atoms with Gasteiger partial charge >= 0.3 is 0 Å². The lowest BCUT2D eigenvalue weighted by molar-refractivity contribution is -0.117. The number of hydrogen-bond acceptors (Lipinski definition) is 4. The Morgan fingerprint density at radius 1 is 1.10 bits per heavy atom. The molecule has 0 fully saturated rings. The lowest BCUT2D eigenvalue weighted by Gasteiger charge is -2.20. The van der Waals surface area contributed by atoms with Crippen molar-refractivity contribution in [3.05, 3.63) is 65.7 Å². The fourth-order valence-corrected chi connectivity index (χ4v) is 2.24. The number of amides is 1. The van der Waals surface area contributed by atoms with Crippen LogP contribution in [0.3, 0.4) is 0 Å². The van der Waals surface area contributed by atoms with Gasteiger partial charge in [-0.3, -0.25) is 9.78 Å². The van der Waals surface area contributed by atoms with E-state index in [9.17, 15) is 9.18 Å². The Morgan fingerprint density at radius 3 is 2.57 bits per heavy atom. The molecule has 1 amide bonds. The second-order valence-corrected chi connectivity index (χ2v) is 4.53. The average Bonchev–Trinajstić information content (AvgIpc) is 2.47. The largest absolute Gasteiger partial charge is 0.368 e. The number of hydrogen-bond donors (Lipinski definition) is 1. The summed E-state index contributed by atoms with van der Waals surface area (Å²) in [6.07, 6.45) is 3.15. The summed E-state index contributed by atoms with van der Waals surface area (Å²) in [5.74, 6) is -1.66. The third kappa shape index (κ3) is 2.55. The maximum absolute atomic E-state index is 13.4. The molecule has 0 radical (unpaired) electrons. The van der Waals surface area contributed by atoms with E-state index in [0.717, 1.165) is 0 Å². The molecule has 21 heavy (non-hydrogen) atoms. The van der Waals surface area contributed by atoms with Crippen molar-refractivity contribution in [3.8, 4) is 0 Å². The summed E-state index contributed by atoms with van der Waals surface area (Å²) in [5.41, 5.74) is 7.15. The topological polar surface area (TPSA) is 80.7 Å². The van der Waals surface area contributed by atoms with Crippen LogP contribution in [0.5, 0.6) is 0 Å². The van der Waals surface area contributed by atoms with E-state index in [1.54, 1.807) is 36.7 Å². The van der Waals surface area contributed by atoms with Crippen LogP contribution in [0.4, 0.5) is 4.39 Å². The molecule has 2 aromatic rings. The molecular formula is C15H11FN4O. The van der Waals surface area contributed by atoms with Crippen LogP contribution >= 0.6 is 0 Å². The maximum Gasteiger partial charge on any atom is 0.262 e. The predicted octanol–water partition coefficient (Wildman–Crippen LogP) is 1.65. The van der Waals surface area contributed by atoms with Crippen LogP contribution in [-0.4, -0.2) is 22.6 Å². The normalized spacial score (nSPS) is 18.1. The second-order valence-electron chi connectivity index (χ2n) is 4.53. The van der Waals surface area contributed by atoms with E-state index in [0.29, 0.717) is 16.8 Å². The quantitative estimate of drug-likeness (QED) is 0.909. The lowest BCUT2D eigenvalue weighted by Crippen LogP contribution is -2.30. The van der Waals surface area contributed by atoms with Crippen molar-refractivity contribution in [1.82, 2.24) is 4.98 Å². The summed E-state index contributed by atoms with van der Waals surface area (Å²) in [5, 5.41) is 0. The minimum Gasteiger partial charge on any atom is -0.368 e. The molecule has 1 aromatic carbocycles. The lowest BCUT2D eigenvalue weighted by atomic mass is 9.89. The smallest absolute Gasteiger partial charge is 0.262 e. The van der Waals surface area contributed by atoms with E-state index >= 15 is 0 Å². The SMILES string of the molecule is NC1=NC(=O)C(c2ccncc2)C(c2cccc(F)c2)=N1. The Kier molecular flexibility index (Phi) is 3.27. The van der Waals surface area contributed by atoms with Crippen molar-refractivity contribution in [1.29, 1.82) is 0 Å². The van der Waals surface area contributed by atoms with E-state index in [4.69, 9.17) is 5.73 Å². The van der Waals surface area contributed by atoms with Crippen LogP contribution < -0.4 is 5.73 Å². The first-order valence-electron chi connectivity index (χ1n) is 6.27. The van der Waals surface area contributed by atoms with Crippen LogP contribution in [0.25, 0.3) is 0 Å². The van der Waals surface area contributed by atoms with Gasteiger partial charge in [-0.1, -0.05) is 12.1 Å². The zero-order valence-corrected chi connectivity index (χ0v) is 10.9. The summed E-state index contributed by atoms with van der Waals surface area (Å²) in [7, 11) is 0. The molecule has 6 heteroatoms. The monoisotopic (exact) mass is 282 g/mol. The second kappa shape index (κ2) is 5.24. The average molecular weight is 282 g/mol. The highest BCUT2D eigenvalue weighted by Crippen LogP contribution is 2.25. The van der Waals surface area contributed by atoms with Crippen LogP contribution in [0.1, 0.15) is 17.0 Å². The molecule has 1 atom stereocenters. The van der Waals surface area contributed by atoms with E-state index in [2.05, 4.69) is 15.0 Å². The first kappa shape index (κ1) is 13.1. The summed E-state index contributed by atoms with van der Waals surface area (Å²) in [6.45, 7) is 0. The number of nitrogens with zero attached hydrogens (tertiary/aromatic N) is 3. The zero-order chi connectivity index (χ0) is 14.8. The molecule has 1 unspecified atom stereocenters. The van der Waals surface area contributed by atoms with Crippen LogP contribution in [0, 0.1) is 5.82 Å². The number of benzene rings is 1. The molecule has 1 aromatic heterocycles. The van der Waals surface area contributed by atoms with E-state index in [1.165, 1.54) is 12.1 Å². The summed E-state index contributed by atoms with van der Waals surface area (Å²) in [6, 6.07) is 9.29. The highest BCUT2D eigenvalue weighted by Gasteiger charge is 2.31. The number of aromatic nitrogens is 1. The van der Waals surface area contributed by atoms with Gasteiger partial charge in [0.25, 0.3) is 5.91 Å². The van der Waals surface area contributed by atoms with Gasteiger partial charge in [-0.15, -0.1) is 0 Å². The summed E-state index contributed by atoms with van der Waals surface area (Å²) >= 11 is 0. The minimum absolute atomic E-state index is 0.121. The molecule has 0 saturated carbocycles. The van der Waals surface area contributed by atoms with E-state index < -0.39 is 17.6 Å². The Hall–Kier alpha value is -2.89. The Bertz CT molecular complexity index is 755. The number of nitrogens with two attached hydrogens (primary N) is 1. The molecule has 3 rings (SSSR count). The fraction of sp³-hybridized carbons (Fsp3) is 0.0667. The van der Waals surface area contributed by atoms with Gasteiger partial charge in [0.15, 0.2) is 0 Å². The Labute approximate surface area is 120 Å². The zero-order valence-electron chi connectivity index (χ0n) is 10.9. The molecule has 0 bridgehead atoms. The van der Waals surface area contributed by atoms with Crippen molar-refractivity contribution < 1.29 is 9.18 Å². The highest BCUT2D eigenvalue weighted by molar-refractivity contribution is 6.24. The number of carbonyl (C=O) groups excluding carboxylic acids is 1. The van der Waals surface area contributed by atoms with Crippen molar-refractivity contribution in [2.75, 3.05) is 0 Å². The molecule has 5 nitrogen and oxygen atoms in total. The number of guanidine groups is 1.